The zero-order valence-corrected chi connectivity index (χ0v) is 11.4. The van der Waals surface area contributed by atoms with Gasteiger partial charge >= 0.3 is 0 Å². The molecule has 1 saturated heterocycles. The third-order valence-electron chi connectivity index (χ3n) is 3.56. The van der Waals surface area contributed by atoms with Crippen molar-refractivity contribution in [2.75, 3.05) is 26.8 Å². The number of rotatable bonds is 5. The van der Waals surface area contributed by atoms with E-state index >= 15 is 0 Å². The molecule has 4 heteroatoms. The van der Waals surface area contributed by atoms with Gasteiger partial charge in [-0.2, -0.15) is 0 Å². The largest absolute Gasteiger partial charge is 0.382 e. The van der Waals surface area contributed by atoms with E-state index in [-0.39, 0.29) is 17.9 Å². The Morgan fingerprint density at radius 1 is 1.37 bits per heavy atom. The van der Waals surface area contributed by atoms with Crippen molar-refractivity contribution in [2.45, 2.75) is 18.9 Å². The molecule has 1 heterocycles. The van der Waals surface area contributed by atoms with Crippen molar-refractivity contribution in [2.24, 2.45) is 5.92 Å². The Kier molecular flexibility index (Phi) is 5.36. The summed E-state index contributed by atoms with van der Waals surface area (Å²) in [7, 11) is 1.66. The van der Waals surface area contributed by atoms with Gasteiger partial charge in [0, 0.05) is 13.0 Å². The van der Waals surface area contributed by atoms with E-state index in [0.717, 1.165) is 31.5 Å². The molecule has 0 aliphatic carbocycles. The summed E-state index contributed by atoms with van der Waals surface area (Å²) in [5.74, 6) is 0.275. The van der Waals surface area contributed by atoms with E-state index in [1.807, 2.05) is 30.3 Å². The third kappa shape index (κ3) is 4.04. The summed E-state index contributed by atoms with van der Waals surface area (Å²) in [5, 5.41) is 6.39. The number of hydrogen-bond donors (Lipinski definition) is 2. The SMILES string of the molecule is COCC(NC(=O)C1CCNCC1)c1ccccc1. The van der Waals surface area contributed by atoms with Crippen LogP contribution in [-0.2, 0) is 9.53 Å². The summed E-state index contributed by atoms with van der Waals surface area (Å²) in [6.07, 6.45) is 1.83. The third-order valence-corrected chi connectivity index (χ3v) is 3.56. The Labute approximate surface area is 114 Å². The zero-order chi connectivity index (χ0) is 13.5. The maximum atomic E-state index is 12.3. The molecule has 2 N–H and O–H groups in total. The fraction of sp³-hybridized carbons (Fsp3) is 0.533. The molecule has 104 valence electrons. The van der Waals surface area contributed by atoms with E-state index in [1.165, 1.54) is 0 Å². The molecule has 4 nitrogen and oxygen atoms in total. The minimum Gasteiger partial charge on any atom is -0.382 e. The first-order chi connectivity index (χ1) is 9.31. The van der Waals surface area contributed by atoms with E-state index in [4.69, 9.17) is 4.74 Å². The van der Waals surface area contributed by atoms with Crippen LogP contribution in [0.2, 0.25) is 0 Å². The van der Waals surface area contributed by atoms with E-state index in [0.29, 0.717) is 6.61 Å². The molecule has 1 aliphatic rings. The van der Waals surface area contributed by atoms with Crippen LogP contribution in [0.25, 0.3) is 0 Å². The lowest BCUT2D eigenvalue weighted by molar-refractivity contribution is -0.126. The lowest BCUT2D eigenvalue weighted by Crippen LogP contribution is -2.40. The van der Waals surface area contributed by atoms with Gasteiger partial charge in [0.15, 0.2) is 0 Å². The Hall–Kier alpha value is -1.39. The lowest BCUT2D eigenvalue weighted by Gasteiger charge is -2.25. The number of carbonyl (C=O) groups is 1. The molecule has 0 aromatic heterocycles. The first-order valence-corrected chi connectivity index (χ1v) is 6.86. The van der Waals surface area contributed by atoms with Gasteiger partial charge in [-0.3, -0.25) is 4.79 Å². The molecule has 0 radical (unpaired) electrons. The van der Waals surface area contributed by atoms with Crippen LogP contribution in [0.15, 0.2) is 30.3 Å². The van der Waals surface area contributed by atoms with Crippen LogP contribution in [-0.4, -0.2) is 32.7 Å². The van der Waals surface area contributed by atoms with Gasteiger partial charge in [0.05, 0.1) is 12.6 Å². The van der Waals surface area contributed by atoms with Crippen LogP contribution < -0.4 is 10.6 Å². The fourth-order valence-corrected chi connectivity index (χ4v) is 2.45. The number of hydrogen-bond acceptors (Lipinski definition) is 3. The molecule has 1 unspecified atom stereocenters. The summed E-state index contributed by atoms with van der Waals surface area (Å²) in [5.41, 5.74) is 1.09. The molecule has 0 spiro atoms. The van der Waals surface area contributed by atoms with Gasteiger partial charge in [-0.15, -0.1) is 0 Å². The van der Waals surface area contributed by atoms with Crippen molar-refractivity contribution in [1.82, 2.24) is 10.6 Å². The van der Waals surface area contributed by atoms with E-state index in [9.17, 15) is 4.79 Å². The first kappa shape index (κ1) is 14.0. The molecule has 19 heavy (non-hydrogen) atoms. The predicted molar refractivity (Wildman–Crippen MR) is 74.8 cm³/mol. The van der Waals surface area contributed by atoms with Crippen molar-refractivity contribution in [1.29, 1.82) is 0 Å². The summed E-state index contributed by atoms with van der Waals surface area (Å²) < 4.78 is 5.22. The van der Waals surface area contributed by atoms with E-state index < -0.39 is 0 Å². The van der Waals surface area contributed by atoms with Crippen LogP contribution in [0.4, 0.5) is 0 Å². The summed E-state index contributed by atoms with van der Waals surface area (Å²) >= 11 is 0. The highest BCUT2D eigenvalue weighted by atomic mass is 16.5. The smallest absolute Gasteiger partial charge is 0.223 e. The average Bonchev–Trinajstić information content (AvgIpc) is 2.48. The molecule has 1 aromatic rings. The summed E-state index contributed by atoms with van der Waals surface area (Å²) in [4.78, 5) is 12.3. The Morgan fingerprint density at radius 2 is 2.05 bits per heavy atom. The lowest BCUT2D eigenvalue weighted by atomic mass is 9.96. The van der Waals surface area contributed by atoms with Crippen LogP contribution in [0.5, 0.6) is 0 Å². The standard InChI is InChI=1S/C15H22N2O2/c1-19-11-14(12-5-3-2-4-6-12)17-15(18)13-7-9-16-10-8-13/h2-6,13-14,16H,7-11H2,1H3,(H,17,18). The maximum absolute atomic E-state index is 12.3. The molecule has 0 bridgehead atoms. The van der Waals surface area contributed by atoms with Crippen LogP contribution in [0.1, 0.15) is 24.4 Å². The fourth-order valence-electron chi connectivity index (χ4n) is 2.45. The average molecular weight is 262 g/mol. The second-order valence-electron chi connectivity index (χ2n) is 4.95. The quantitative estimate of drug-likeness (QED) is 0.845. The molecule has 1 atom stereocenters. The minimum absolute atomic E-state index is 0.0615. The minimum atomic E-state index is -0.0615. The number of nitrogens with one attached hydrogen (secondary N) is 2. The number of ether oxygens (including phenoxy) is 1. The zero-order valence-electron chi connectivity index (χ0n) is 11.4. The number of carbonyl (C=O) groups excluding carboxylic acids is 1. The molecular weight excluding hydrogens is 240 g/mol. The normalized spacial score (nSPS) is 17.9. The van der Waals surface area contributed by atoms with Gasteiger partial charge < -0.3 is 15.4 Å². The molecule has 1 fully saturated rings. The molecule has 1 aromatic carbocycles. The summed E-state index contributed by atoms with van der Waals surface area (Å²) in [6.45, 7) is 2.36. The topological polar surface area (TPSA) is 50.4 Å². The number of amides is 1. The van der Waals surface area contributed by atoms with Gasteiger partial charge in [-0.25, -0.2) is 0 Å². The van der Waals surface area contributed by atoms with Gasteiger partial charge in [0.1, 0.15) is 0 Å². The predicted octanol–water partition coefficient (Wildman–Crippen LogP) is 1.49. The van der Waals surface area contributed by atoms with Gasteiger partial charge in [0.2, 0.25) is 5.91 Å². The van der Waals surface area contributed by atoms with Crippen molar-refractivity contribution < 1.29 is 9.53 Å². The molecule has 0 saturated carbocycles. The van der Waals surface area contributed by atoms with Gasteiger partial charge in [-0.1, -0.05) is 30.3 Å². The Morgan fingerprint density at radius 3 is 2.68 bits per heavy atom. The Balaban J connectivity index is 1.98. The van der Waals surface area contributed by atoms with E-state index in [2.05, 4.69) is 10.6 Å². The van der Waals surface area contributed by atoms with Crippen molar-refractivity contribution in [3.8, 4) is 0 Å². The Bertz CT molecular complexity index is 388. The second-order valence-corrected chi connectivity index (χ2v) is 4.95. The number of methoxy groups -OCH3 is 1. The molecule has 2 rings (SSSR count). The second kappa shape index (κ2) is 7.26. The highest BCUT2D eigenvalue weighted by molar-refractivity contribution is 5.79. The molecule has 1 aliphatic heterocycles. The van der Waals surface area contributed by atoms with Crippen LogP contribution >= 0.6 is 0 Å². The van der Waals surface area contributed by atoms with Gasteiger partial charge in [0.25, 0.3) is 0 Å². The molecular formula is C15H22N2O2. The highest BCUT2D eigenvalue weighted by Crippen LogP contribution is 2.17. The van der Waals surface area contributed by atoms with Crippen LogP contribution in [0, 0.1) is 5.92 Å². The summed E-state index contributed by atoms with van der Waals surface area (Å²) in [6, 6.07) is 9.91. The highest BCUT2D eigenvalue weighted by Gasteiger charge is 2.23. The van der Waals surface area contributed by atoms with Crippen molar-refractivity contribution in [3.05, 3.63) is 35.9 Å². The monoisotopic (exact) mass is 262 g/mol. The number of benzene rings is 1. The maximum Gasteiger partial charge on any atom is 0.223 e. The molecule has 1 amide bonds. The van der Waals surface area contributed by atoms with E-state index in [1.54, 1.807) is 7.11 Å². The van der Waals surface area contributed by atoms with Crippen molar-refractivity contribution in [3.63, 3.8) is 0 Å². The number of piperidine rings is 1. The first-order valence-electron chi connectivity index (χ1n) is 6.86. The van der Waals surface area contributed by atoms with Crippen molar-refractivity contribution >= 4 is 5.91 Å². The van der Waals surface area contributed by atoms with Crippen LogP contribution in [0.3, 0.4) is 0 Å². The van der Waals surface area contributed by atoms with Gasteiger partial charge in [-0.05, 0) is 31.5 Å².